The average molecular weight is 461 g/mol. The van der Waals surface area contributed by atoms with Gasteiger partial charge >= 0.3 is 10.1 Å². The van der Waals surface area contributed by atoms with Crippen molar-refractivity contribution in [1.29, 1.82) is 0 Å². The monoisotopic (exact) mass is 460 g/mol. The molecular formula is C24H28O7S. The number of rotatable bonds is 13. The molecule has 0 radical (unpaired) electrons. The highest BCUT2D eigenvalue weighted by Gasteiger charge is 2.19. The predicted octanol–water partition coefficient (Wildman–Crippen LogP) is 2.87. The van der Waals surface area contributed by atoms with Gasteiger partial charge < -0.3 is 8.92 Å². The van der Waals surface area contributed by atoms with Crippen molar-refractivity contribution in [2.75, 3.05) is 19.5 Å². The highest BCUT2D eigenvalue weighted by Crippen LogP contribution is 2.17. The lowest BCUT2D eigenvalue weighted by atomic mass is 9.91. The van der Waals surface area contributed by atoms with E-state index in [-0.39, 0.29) is 49.2 Å². The third-order valence-electron chi connectivity index (χ3n) is 4.73. The van der Waals surface area contributed by atoms with Gasteiger partial charge in [0.05, 0.1) is 6.26 Å². The van der Waals surface area contributed by atoms with Gasteiger partial charge in [-0.15, -0.1) is 0 Å². The number of benzene rings is 2. The predicted molar refractivity (Wildman–Crippen MR) is 120 cm³/mol. The third kappa shape index (κ3) is 9.53. The van der Waals surface area contributed by atoms with Crippen molar-refractivity contribution < 1.29 is 31.7 Å². The number of ketones is 3. The Balaban J connectivity index is 1.80. The first-order valence-electron chi connectivity index (χ1n) is 10.2. The molecule has 1 unspecified atom stereocenters. The summed E-state index contributed by atoms with van der Waals surface area (Å²) in [4.78, 5) is 36.4. The van der Waals surface area contributed by atoms with Gasteiger partial charge in [-0.2, -0.15) is 8.42 Å². The Morgan fingerprint density at radius 3 is 2.22 bits per heavy atom. The van der Waals surface area contributed by atoms with Gasteiger partial charge in [-0.1, -0.05) is 42.0 Å². The van der Waals surface area contributed by atoms with E-state index in [1.54, 1.807) is 12.1 Å². The first kappa shape index (κ1) is 25.4. The molecule has 0 bridgehead atoms. The molecule has 1 atom stereocenters. The summed E-state index contributed by atoms with van der Waals surface area (Å²) in [5.41, 5.74) is 2.68. The zero-order chi connectivity index (χ0) is 23.7. The molecule has 0 fully saturated rings. The van der Waals surface area contributed by atoms with E-state index in [2.05, 4.69) is 0 Å². The summed E-state index contributed by atoms with van der Waals surface area (Å²) >= 11 is 0. The maximum Gasteiger partial charge on any atom is 0.306 e. The van der Waals surface area contributed by atoms with Crippen LogP contribution in [0.2, 0.25) is 0 Å². The van der Waals surface area contributed by atoms with Crippen LogP contribution in [0.5, 0.6) is 5.75 Å². The van der Waals surface area contributed by atoms with Crippen LogP contribution in [0.4, 0.5) is 0 Å². The lowest BCUT2D eigenvalue weighted by Gasteiger charge is -2.13. The van der Waals surface area contributed by atoms with Crippen LogP contribution < -0.4 is 4.18 Å². The molecule has 0 amide bonds. The van der Waals surface area contributed by atoms with E-state index < -0.39 is 16.0 Å². The van der Waals surface area contributed by atoms with Crippen molar-refractivity contribution in [3.8, 4) is 5.75 Å². The Hall–Kier alpha value is -2.84. The van der Waals surface area contributed by atoms with E-state index in [9.17, 15) is 22.8 Å². The third-order valence-corrected chi connectivity index (χ3v) is 5.22. The summed E-state index contributed by atoms with van der Waals surface area (Å²) in [6, 6.07) is 14.0. The number of Topliss-reactive ketones (excluding diaryl/α,β-unsaturated/α-hetero) is 3. The molecule has 2 aromatic carbocycles. The minimum Gasteiger partial charge on any atom is -0.383 e. The Kier molecular flexibility index (Phi) is 9.28. The van der Waals surface area contributed by atoms with Crippen molar-refractivity contribution in [3.05, 3.63) is 65.2 Å². The van der Waals surface area contributed by atoms with E-state index >= 15 is 0 Å². The Labute approximate surface area is 188 Å². The standard InChI is InChI=1S/C24H28O7S/c1-17-7-9-19(10-8-17)11-21(18(2)25)14-23(27)16-30-15-22(26)12-20-5-4-6-24(13-20)31-32(3,28)29/h4-10,13,21H,11-12,14-16H2,1-3H3. The molecule has 0 saturated carbocycles. The second-order valence-electron chi connectivity index (χ2n) is 7.88. The maximum atomic E-state index is 12.3. The van der Waals surface area contributed by atoms with Crippen LogP contribution in [0, 0.1) is 12.8 Å². The normalized spacial score (nSPS) is 12.2. The van der Waals surface area contributed by atoms with Crippen molar-refractivity contribution in [3.63, 3.8) is 0 Å². The fourth-order valence-corrected chi connectivity index (χ4v) is 3.59. The van der Waals surface area contributed by atoms with Crippen LogP contribution in [0.25, 0.3) is 0 Å². The van der Waals surface area contributed by atoms with Crippen LogP contribution in [-0.2, 0) is 42.1 Å². The topological polar surface area (TPSA) is 104 Å². The zero-order valence-corrected chi connectivity index (χ0v) is 19.3. The lowest BCUT2D eigenvalue weighted by molar-refractivity contribution is -0.131. The van der Waals surface area contributed by atoms with Gasteiger partial charge in [0.1, 0.15) is 24.7 Å². The molecule has 0 spiro atoms. The second kappa shape index (κ2) is 11.7. The molecule has 0 aromatic heterocycles. The van der Waals surface area contributed by atoms with Crippen LogP contribution in [0.15, 0.2) is 48.5 Å². The second-order valence-corrected chi connectivity index (χ2v) is 9.46. The molecule has 32 heavy (non-hydrogen) atoms. The SMILES string of the molecule is CC(=O)C(CC(=O)COCC(=O)Cc1cccc(OS(C)(=O)=O)c1)Cc1ccc(C)cc1. The van der Waals surface area contributed by atoms with Crippen LogP contribution >= 0.6 is 0 Å². The van der Waals surface area contributed by atoms with Crippen molar-refractivity contribution in [1.82, 2.24) is 0 Å². The molecular weight excluding hydrogens is 432 g/mol. The summed E-state index contributed by atoms with van der Waals surface area (Å²) in [5, 5.41) is 0. The van der Waals surface area contributed by atoms with Crippen molar-refractivity contribution >= 4 is 27.5 Å². The molecule has 0 heterocycles. The van der Waals surface area contributed by atoms with Crippen molar-refractivity contribution in [2.45, 2.75) is 33.1 Å². The number of hydrogen-bond acceptors (Lipinski definition) is 7. The lowest BCUT2D eigenvalue weighted by Crippen LogP contribution is -2.22. The quantitative estimate of drug-likeness (QED) is 0.423. The highest BCUT2D eigenvalue weighted by molar-refractivity contribution is 7.86. The first-order chi connectivity index (χ1) is 15.0. The summed E-state index contributed by atoms with van der Waals surface area (Å²) < 4.78 is 32.5. The molecule has 7 nitrogen and oxygen atoms in total. The summed E-state index contributed by atoms with van der Waals surface area (Å²) in [6.07, 6.45) is 1.49. The number of aryl methyl sites for hydroxylation is 1. The van der Waals surface area contributed by atoms with Gasteiger partial charge in [0.25, 0.3) is 0 Å². The average Bonchev–Trinajstić information content (AvgIpc) is 2.68. The van der Waals surface area contributed by atoms with E-state index in [0.29, 0.717) is 12.0 Å². The molecule has 8 heteroatoms. The molecule has 0 aliphatic carbocycles. The minimum atomic E-state index is -3.66. The number of carbonyl (C=O) groups is 3. The number of hydrogen-bond donors (Lipinski definition) is 0. The Morgan fingerprint density at radius 2 is 1.59 bits per heavy atom. The summed E-state index contributed by atoms with van der Waals surface area (Å²) in [5.74, 6) is -0.878. The largest absolute Gasteiger partial charge is 0.383 e. The van der Waals surface area contributed by atoms with Crippen LogP contribution in [0.3, 0.4) is 0 Å². The number of ether oxygens (including phenoxy) is 1. The fraction of sp³-hybridized carbons (Fsp3) is 0.375. The van der Waals surface area contributed by atoms with Gasteiger partial charge in [-0.25, -0.2) is 0 Å². The molecule has 0 aliphatic rings. The van der Waals surface area contributed by atoms with E-state index in [1.165, 1.54) is 19.1 Å². The molecule has 0 aliphatic heterocycles. The van der Waals surface area contributed by atoms with Gasteiger partial charge in [-0.05, 0) is 43.5 Å². The highest BCUT2D eigenvalue weighted by atomic mass is 32.2. The zero-order valence-electron chi connectivity index (χ0n) is 18.5. The van der Waals surface area contributed by atoms with Crippen molar-refractivity contribution in [2.24, 2.45) is 5.92 Å². The van der Waals surface area contributed by atoms with E-state index in [4.69, 9.17) is 8.92 Å². The first-order valence-corrected chi connectivity index (χ1v) is 12.0. The Morgan fingerprint density at radius 1 is 0.938 bits per heavy atom. The Bertz CT molecular complexity index is 1060. The maximum absolute atomic E-state index is 12.3. The van der Waals surface area contributed by atoms with E-state index in [1.807, 2.05) is 31.2 Å². The summed E-state index contributed by atoms with van der Waals surface area (Å²) in [6.45, 7) is 2.94. The molecule has 2 aromatic rings. The van der Waals surface area contributed by atoms with Gasteiger partial charge in [-0.3, -0.25) is 14.4 Å². The van der Waals surface area contributed by atoms with Gasteiger partial charge in [0, 0.05) is 18.8 Å². The van der Waals surface area contributed by atoms with Crippen LogP contribution in [-0.4, -0.2) is 45.2 Å². The summed E-state index contributed by atoms with van der Waals surface area (Å²) in [7, 11) is -3.66. The minimum absolute atomic E-state index is 0.0125. The molecule has 0 saturated heterocycles. The van der Waals surface area contributed by atoms with Gasteiger partial charge in [0.2, 0.25) is 0 Å². The molecule has 2 rings (SSSR count). The van der Waals surface area contributed by atoms with Gasteiger partial charge in [0.15, 0.2) is 11.6 Å². The number of carbonyl (C=O) groups excluding carboxylic acids is 3. The fourth-order valence-electron chi connectivity index (χ4n) is 3.14. The molecule has 172 valence electrons. The molecule has 0 N–H and O–H groups in total. The van der Waals surface area contributed by atoms with Crippen LogP contribution in [0.1, 0.15) is 30.0 Å². The van der Waals surface area contributed by atoms with E-state index in [0.717, 1.165) is 17.4 Å². The smallest absolute Gasteiger partial charge is 0.306 e.